The van der Waals surface area contributed by atoms with Crippen LogP contribution in [0.25, 0.3) is 0 Å². The van der Waals surface area contributed by atoms with Crippen LogP contribution in [0, 0.1) is 17.8 Å². The summed E-state index contributed by atoms with van der Waals surface area (Å²) in [5.74, 6) is 4.04. The van der Waals surface area contributed by atoms with Crippen molar-refractivity contribution in [2.24, 2.45) is 17.8 Å². The number of nitrogens with zero attached hydrogens (tertiary/aromatic N) is 3. The lowest BCUT2D eigenvalue weighted by atomic mass is 9.99. The second-order valence-corrected chi connectivity index (χ2v) is 9.70. The molecule has 0 aromatic carbocycles. The van der Waals surface area contributed by atoms with Gasteiger partial charge in [0, 0.05) is 19.6 Å². The van der Waals surface area contributed by atoms with Gasteiger partial charge in [-0.25, -0.2) is 0 Å². The lowest BCUT2D eigenvalue weighted by Crippen LogP contribution is -2.21. The van der Waals surface area contributed by atoms with Gasteiger partial charge in [0.2, 0.25) is 17.8 Å². The van der Waals surface area contributed by atoms with Crippen molar-refractivity contribution in [3.63, 3.8) is 0 Å². The quantitative estimate of drug-likeness (QED) is 0.158. The van der Waals surface area contributed by atoms with Gasteiger partial charge in [-0.2, -0.15) is 15.0 Å². The molecule has 0 bridgehead atoms. The standard InChI is InChI=1S/C27H54N6.ClH/c1-7-13-16-22(10-4)19-28-25-31-26(29-20-23(11-5)17-14-8-2)33-27(32-25)30-21-24(12-6)18-15-9-3;/h22-24H,7-21H2,1-6H3,(H3,28,29,30,31,32,33);1H. The molecule has 1 rings (SSSR count). The minimum Gasteiger partial charge on any atom is -0.354 e. The average molecular weight is 499 g/mol. The lowest BCUT2D eigenvalue weighted by molar-refractivity contribution is 0.469. The third kappa shape index (κ3) is 14.2. The van der Waals surface area contributed by atoms with Gasteiger partial charge in [-0.1, -0.05) is 99.3 Å². The molecular formula is C27H55ClN6. The first-order chi connectivity index (χ1) is 16.1. The molecule has 0 saturated heterocycles. The van der Waals surface area contributed by atoms with Crippen molar-refractivity contribution >= 4 is 30.3 Å². The van der Waals surface area contributed by atoms with Gasteiger partial charge in [-0.05, 0) is 37.0 Å². The van der Waals surface area contributed by atoms with Crippen LogP contribution in [0.5, 0.6) is 0 Å². The van der Waals surface area contributed by atoms with Gasteiger partial charge < -0.3 is 16.0 Å². The highest BCUT2D eigenvalue weighted by molar-refractivity contribution is 5.85. The smallest absolute Gasteiger partial charge is 0.229 e. The second-order valence-electron chi connectivity index (χ2n) is 9.70. The number of nitrogens with one attached hydrogen (secondary N) is 3. The molecule has 3 unspecified atom stereocenters. The molecule has 200 valence electrons. The molecule has 0 aliphatic heterocycles. The summed E-state index contributed by atoms with van der Waals surface area (Å²) in [7, 11) is 0. The minimum atomic E-state index is 0. The van der Waals surface area contributed by atoms with E-state index in [1.165, 1.54) is 77.0 Å². The second kappa shape index (κ2) is 21.0. The first-order valence-electron chi connectivity index (χ1n) is 14.1. The Morgan fingerprint density at radius 2 is 0.765 bits per heavy atom. The van der Waals surface area contributed by atoms with Gasteiger partial charge in [0.05, 0.1) is 0 Å². The predicted octanol–water partition coefficient (Wildman–Crippen LogP) is 8.18. The molecule has 3 atom stereocenters. The highest BCUT2D eigenvalue weighted by Crippen LogP contribution is 2.18. The summed E-state index contributed by atoms with van der Waals surface area (Å²) in [6.45, 7) is 16.4. The van der Waals surface area contributed by atoms with Gasteiger partial charge >= 0.3 is 0 Å². The van der Waals surface area contributed by atoms with E-state index < -0.39 is 0 Å². The highest BCUT2D eigenvalue weighted by atomic mass is 35.5. The van der Waals surface area contributed by atoms with Crippen molar-refractivity contribution in [2.75, 3.05) is 35.6 Å². The normalized spacial score (nSPS) is 13.6. The fourth-order valence-corrected chi connectivity index (χ4v) is 4.15. The number of halogens is 1. The van der Waals surface area contributed by atoms with E-state index in [0.29, 0.717) is 35.6 Å². The van der Waals surface area contributed by atoms with Gasteiger partial charge in [-0.15, -0.1) is 12.4 Å². The summed E-state index contributed by atoms with van der Waals surface area (Å²) in [6, 6.07) is 0. The first kappa shape index (κ1) is 32.7. The molecule has 0 fully saturated rings. The fourth-order valence-electron chi connectivity index (χ4n) is 4.15. The summed E-state index contributed by atoms with van der Waals surface area (Å²) in [5.41, 5.74) is 0. The van der Waals surface area contributed by atoms with Crippen LogP contribution in [0.1, 0.15) is 119 Å². The van der Waals surface area contributed by atoms with Crippen molar-refractivity contribution in [2.45, 2.75) is 119 Å². The molecule has 0 aliphatic carbocycles. The van der Waals surface area contributed by atoms with Crippen LogP contribution >= 0.6 is 12.4 Å². The molecule has 1 heterocycles. The Bertz CT molecular complexity index is 507. The number of anilines is 3. The summed E-state index contributed by atoms with van der Waals surface area (Å²) in [4.78, 5) is 14.2. The summed E-state index contributed by atoms with van der Waals surface area (Å²) >= 11 is 0. The molecule has 0 radical (unpaired) electrons. The summed E-state index contributed by atoms with van der Waals surface area (Å²) in [6.07, 6.45) is 14.9. The van der Waals surface area contributed by atoms with E-state index in [1.807, 2.05) is 0 Å². The molecule has 34 heavy (non-hydrogen) atoms. The number of hydrogen-bond donors (Lipinski definition) is 3. The monoisotopic (exact) mass is 498 g/mol. The predicted molar refractivity (Wildman–Crippen MR) is 152 cm³/mol. The molecule has 6 nitrogen and oxygen atoms in total. The van der Waals surface area contributed by atoms with Gasteiger partial charge in [-0.3, -0.25) is 0 Å². The molecule has 0 saturated carbocycles. The Balaban J connectivity index is 0.0000109. The number of unbranched alkanes of at least 4 members (excludes halogenated alkanes) is 3. The number of hydrogen-bond acceptors (Lipinski definition) is 6. The van der Waals surface area contributed by atoms with Crippen molar-refractivity contribution in [1.82, 2.24) is 15.0 Å². The van der Waals surface area contributed by atoms with Crippen molar-refractivity contribution in [1.29, 1.82) is 0 Å². The van der Waals surface area contributed by atoms with E-state index in [4.69, 9.17) is 15.0 Å². The van der Waals surface area contributed by atoms with E-state index in [0.717, 1.165) is 19.6 Å². The zero-order valence-electron chi connectivity index (χ0n) is 23.1. The van der Waals surface area contributed by atoms with E-state index in [1.54, 1.807) is 0 Å². The Morgan fingerprint density at radius 1 is 0.500 bits per heavy atom. The SMILES string of the molecule is CCCCC(CC)CNc1nc(NCC(CC)CCCC)nc(NCC(CC)CCCC)n1.Cl. The molecule has 1 aromatic heterocycles. The van der Waals surface area contributed by atoms with Gasteiger partial charge in [0.15, 0.2) is 0 Å². The Morgan fingerprint density at radius 3 is 0.971 bits per heavy atom. The maximum Gasteiger partial charge on any atom is 0.229 e. The van der Waals surface area contributed by atoms with Crippen LogP contribution in [0.4, 0.5) is 17.8 Å². The Kier molecular flexibility index (Phi) is 20.2. The van der Waals surface area contributed by atoms with Crippen LogP contribution in [0.2, 0.25) is 0 Å². The van der Waals surface area contributed by atoms with Crippen molar-refractivity contribution in [3.8, 4) is 0 Å². The molecule has 7 heteroatoms. The van der Waals surface area contributed by atoms with E-state index in [2.05, 4.69) is 57.5 Å². The summed E-state index contributed by atoms with van der Waals surface area (Å²) in [5, 5.41) is 10.5. The highest BCUT2D eigenvalue weighted by Gasteiger charge is 2.13. The van der Waals surface area contributed by atoms with Crippen LogP contribution < -0.4 is 16.0 Å². The largest absolute Gasteiger partial charge is 0.354 e. The van der Waals surface area contributed by atoms with Crippen LogP contribution in [0.15, 0.2) is 0 Å². The van der Waals surface area contributed by atoms with E-state index in [9.17, 15) is 0 Å². The number of rotatable bonds is 21. The fraction of sp³-hybridized carbons (Fsp3) is 0.889. The van der Waals surface area contributed by atoms with E-state index in [-0.39, 0.29) is 12.4 Å². The van der Waals surface area contributed by atoms with Gasteiger partial charge in [0.25, 0.3) is 0 Å². The Hall–Kier alpha value is -1.30. The van der Waals surface area contributed by atoms with Crippen molar-refractivity contribution in [3.05, 3.63) is 0 Å². The van der Waals surface area contributed by atoms with Crippen LogP contribution in [0.3, 0.4) is 0 Å². The lowest BCUT2D eigenvalue weighted by Gasteiger charge is -2.19. The van der Waals surface area contributed by atoms with Crippen LogP contribution in [-0.2, 0) is 0 Å². The molecule has 1 aromatic rings. The Labute approximate surface area is 217 Å². The molecule has 3 N–H and O–H groups in total. The third-order valence-electron chi connectivity index (χ3n) is 6.91. The topological polar surface area (TPSA) is 74.8 Å². The number of aromatic nitrogens is 3. The van der Waals surface area contributed by atoms with Crippen LogP contribution in [-0.4, -0.2) is 34.6 Å². The first-order valence-corrected chi connectivity index (χ1v) is 14.1. The molecule has 0 aliphatic rings. The molecule has 0 amide bonds. The molecular weight excluding hydrogens is 444 g/mol. The van der Waals surface area contributed by atoms with Gasteiger partial charge in [0.1, 0.15) is 0 Å². The van der Waals surface area contributed by atoms with E-state index >= 15 is 0 Å². The minimum absolute atomic E-state index is 0. The zero-order chi connectivity index (χ0) is 24.3. The average Bonchev–Trinajstić information content (AvgIpc) is 2.84. The van der Waals surface area contributed by atoms with Crippen molar-refractivity contribution < 1.29 is 0 Å². The molecule has 0 spiro atoms. The zero-order valence-corrected chi connectivity index (χ0v) is 23.9. The third-order valence-corrected chi connectivity index (χ3v) is 6.91. The maximum absolute atomic E-state index is 4.72. The summed E-state index contributed by atoms with van der Waals surface area (Å²) < 4.78 is 0. The maximum atomic E-state index is 4.72.